The molecule has 0 rings (SSSR count). The number of rotatable bonds is 2. The number of carbonyl (C=O) groups is 1. The van der Waals surface area contributed by atoms with Crippen molar-refractivity contribution >= 4 is 5.91 Å². The van der Waals surface area contributed by atoms with Gasteiger partial charge in [0.2, 0.25) is 0 Å². The first-order valence-corrected chi connectivity index (χ1v) is 3.02. The second kappa shape index (κ2) is 3.45. The fourth-order valence-corrected chi connectivity index (χ4v) is 0.475. The van der Waals surface area contributed by atoms with Crippen LogP contribution >= 0.6 is 0 Å². The standard InChI is InChI=1S/C6H13NO2/c1-4-7(3)6(9)5(2)8/h5,8H,4H2,1-3H3. The van der Waals surface area contributed by atoms with Crippen molar-refractivity contribution < 1.29 is 9.90 Å². The molecule has 1 unspecified atom stereocenters. The normalized spacial score (nSPS) is 12.9. The van der Waals surface area contributed by atoms with Crippen LogP contribution in [0.4, 0.5) is 0 Å². The molecule has 0 aliphatic carbocycles. The molecule has 0 aliphatic heterocycles. The lowest BCUT2D eigenvalue weighted by atomic mass is 10.3. The van der Waals surface area contributed by atoms with E-state index in [2.05, 4.69) is 0 Å². The van der Waals surface area contributed by atoms with E-state index in [0.717, 1.165) is 0 Å². The summed E-state index contributed by atoms with van der Waals surface area (Å²) in [5.41, 5.74) is 0. The van der Waals surface area contributed by atoms with E-state index in [-0.39, 0.29) is 5.91 Å². The highest BCUT2D eigenvalue weighted by atomic mass is 16.3. The summed E-state index contributed by atoms with van der Waals surface area (Å²) in [6.07, 6.45) is -0.866. The van der Waals surface area contributed by atoms with Gasteiger partial charge in [-0.15, -0.1) is 0 Å². The molecular formula is C6H13NO2. The molecule has 0 aromatic rings. The Morgan fingerprint density at radius 2 is 2.22 bits per heavy atom. The van der Waals surface area contributed by atoms with E-state index in [1.54, 1.807) is 7.05 Å². The Kier molecular flexibility index (Phi) is 3.24. The molecule has 0 aliphatic rings. The molecule has 0 aromatic carbocycles. The maximum atomic E-state index is 10.7. The Morgan fingerprint density at radius 1 is 1.78 bits per heavy atom. The van der Waals surface area contributed by atoms with Gasteiger partial charge in [-0.2, -0.15) is 0 Å². The quantitative estimate of drug-likeness (QED) is 0.566. The van der Waals surface area contributed by atoms with Gasteiger partial charge in [0.15, 0.2) is 0 Å². The van der Waals surface area contributed by atoms with Gasteiger partial charge >= 0.3 is 0 Å². The highest BCUT2D eigenvalue weighted by molar-refractivity contribution is 5.79. The first-order valence-electron chi connectivity index (χ1n) is 3.02. The second-order valence-electron chi connectivity index (χ2n) is 2.03. The smallest absolute Gasteiger partial charge is 0.250 e. The number of nitrogens with zero attached hydrogens (tertiary/aromatic N) is 1. The number of aliphatic hydroxyl groups excluding tert-OH is 1. The number of carbonyl (C=O) groups excluding carboxylic acids is 1. The molecule has 0 bridgehead atoms. The van der Waals surface area contributed by atoms with Gasteiger partial charge in [0.05, 0.1) is 0 Å². The van der Waals surface area contributed by atoms with Crippen molar-refractivity contribution in [2.45, 2.75) is 20.0 Å². The molecule has 0 saturated carbocycles. The van der Waals surface area contributed by atoms with Crippen molar-refractivity contribution in [2.75, 3.05) is 13.6 Å². The van der Waals surface area contributed by atoms with E-state index in [1.165, 1.54) is 11.8 Å². The van der Waals surface area contributed by atoms with Crippen molar-refractivity contribution in [3.63, 3.8) is 0 Å². The minimum Gasteiger partial charge on any atom is -0.384 e. The van der Waals surface area contributed by atoms with Crippen molar-refractivity contribution in [3.8, 4) is 0 Å². The lowest BCUT2D eigenvalue weighted by Gasteiger charge is -2.15. The third-order valence-electron chi connectivity index (χ3n) is 1.21. The third-order valence-corrected chi connectivity index (χ3v) is 1.21. The van der Waals surface area contributed by atoms with Gasteiger partial charge in [0, 0.05) is 13.6 Å². The fourth-order valence-electron chi connectivity index (χ4n) is 0.475. The maximum Gasteiger partial charge on any atom is 0.250 e. The maximum absolute atomic E-state index is 10.7. The molecule has 0 radical (unpaired) electrons. The molecule has 3 heteroatoms. The number of likely N-dealkylation sites (N-methyl/N-ethyl adjacent to an activating group) is 1. The minimum absolute atomic E-state index is 0.225. The number of aliphatic hydroxyl groups is 1. The molecule has 3 nitrogen and oxygen atoms in total. The van der Waals surface area contributed by atoms with Crippen LogP contribution in [0.15, 0.2) is 0 Å². The van der Waals surface area contributed by atoms with E-state index in [1.807, 2.05) is 6.92 Å². The van der Waals surface area contributed by atoms with Crippen LogP contribution < -0.4 is 0 Å². The van der Waals surface area contributed by atoms with E-state index >= 15 is 0 Å². The summed E-state index contributed by atoms with van der Waals surface area (Å²) in [4.78, 5) is 12.2. The minimum atomic E-state index is -0.866. The Labute approximate surface area is 55.3 Å². The van der Waals surface area contributed by atoms with Crippen LogP contribution in [0, 0.1) is 0 Å². The fraction of sp³-hybridized carbons (Fsp3) is 0.833. The van der Waals surface area contributed by atoms with Gasteiger partial charge in [-0.25, -0.2) is 0 Å². The summed E-state index contributed by atoms with van der Waals surface area (Å²) in [5.74, 6) is -0.225. The summed E-state index contributed by atoms with van der Waals surface area (Å²) in [6.45, 7) is 3.97. The second-order valence-corrected chi connectivity index (χ2v) is 2.03. The number of hydrogen-bond donors (Lipinski definition) is 1. The van der Waals surface area contributed by atoms with Crippen LogP contribution in [0.5, 0.6) is 0 Å². The Bertz CT molecular complexity index is 101. The average molecular weight is 131 g/mol. The highest BCUT2D eigenvalue weighted by Crippen LogP contribution is 1.88. The average Bonchev–Trinajstić information content (AvgIpc) is 1.84. The predicted octanol–water partition coefficient (Wildman–Crippen LogP) is -0.155. The lowest BCUT2D eigenvalue weighted by molar-refractivity contribution is -0.137. The van der Waals surface area contributed by atoms with E-state index < -0.39 is 6.10 Å². The van der Waals surface area contributed by atoms with Crippen molar-refractivity contribution in [2.24, 2.45) is 0 Å². The van der Waals surface area contributed by atoms with Gasteiger partial charge in [-0.3, -0.25) is 4.79 Å². The molecule has 9 heavy (non-hydrogen) atoms. The van der Waals surface area contributed by atoms with Gasteiger partial charge in [0.25, 0.3) is 5.91 Å². The molecule has 1 N–H and O–H groups in total. The number of amides is 1. The van der Waals surface area contributed by atoms with Crippen LogP contribution in [0.1, 0.15) is 13.8 Å². The Balaban J connectivity index is 3.73. The molecular weight excluding hydrogens is 118 g/mol. The van der Waals surface area contributed by atoms with Crippen molar-refractivity contribution in [3.05, 3.63) is 0 Å². The van der Waals surface area contributed by atoms with E-state index in [0.29, 0.717) is 6.54 Å². The molecule has 0 aromatic heterocycles. The van der Waals surface area contributed by atoms with Gasteiger partial charge in [-0.05, 0) is 13.8 Å². The zero-order chi connectivity index (χ0) is 7.44. The third kappa shape index (κ3) is 2.46. The lowest BCUT2D eigenvalue weighted by Crippen LogP contribution is -2.34. The molecule has 54 valence electrons. The summed E-state index contributed by atoms with van der Waals surface area (Å²) in [6, 6.07) is 0. The zero-order valence-corrected chi connectivity index (χ0v) is 6.09. The van der Waals surface area contributed by atoms with Gasteiger partial charge < -0.3 is 10.0 Å². The van der Waals surface area contributed by atoms with Crippen LogP contribution in [0.2, 0.25) is 0 Å². The van der Waals surface area contributed by atoms with E-state index in [4.69, 9.17) is 5.11 Å². The highest BCUT2D eigenvalue weighted by Gasteiger charge is 2.11. The summed E-state index contributed by atoms with van der Waals surface area (Å²) in [7, 11) is 1.66. The molecule has 0 spiro atoms. The van der Waals surface area contributed by atoms with Gasteiger partial charge in [0.1, 0.15) is 6.10 Å². The predicted molar refractivity (Wildman–Crippen MR) is 35.0 cm³/mol. The topological polar surface area (TPSA) is 40.5 Å². The van der Waals surface area contributed by atoms with Gasteiger partial charge in [-0.1, -0.05) is 0 Å². The largest absolute Gasteiger partial charge is 0.384 e. The van der Waals surface area contributed by atoms with E-state index in [9.17, 15) is 4.79 Å². The van der Waals surface area contributed by atoms with Crippen LogP contribution in [0.25, 0.3) is 0 Å². The Hall–Kier alpha value is -0.570. The zero-order valence-electron chi connectivity index (χ0n) is 6.09. The molecule has 0 saturated heterocycles. The summed E-state index contributed by atoms with van der Waals surface area (Å²) in [5, 5.41) is 8.73. The summed E-state index contributed by atoms with van der Waals surface area (Å²) < 4.78 is 0. The SMILES string of the molecule is CCN(C)C(=O)C(C)O. The molecule has 1 amide bonds. The summed E-state index contributed by atoms with van der Waals surface area (Å²) >= 11 is 0. The van der Waals surface area contributed by atoms with Crippen molar-refractivity contribution in [1.82, 2.24) is 4.90 Å². The monoisotopic (exact) mass is 131 g/mol. The number of hydrogen-bond acceptors (Lipinski definition) is 2. The van der Waals surface area contributed by atoms with Crippen LogP contribution in [-0.2, 0) is 4.79 Å². The molecule has 1 atom stereocenters. The van der Waals surface area contributed by atoms with Crippen molar-refractivity contribution in [1.29, 1.82) is 0 Å². The Morgan fingerprint density at radius 3 is 2.33 bits per heavy atom. The van der Waals surface area contributed by atoms with Crippen LogP contribution in [-0.4, -0.2) is 35.6 Å². The first kappa shape index (κ1) is 8.43. The van der Waals surface area contributed by atoms with Crippen LogP contribution in [0.3, 0.4) is 0 Å². The molecule has 0 fully saturated rings. The first-order chi connectivity index (χ1) is 4.09. The molecule has 0 heterocycles.